The molecule has 7 heteroatoms. The van der Waals surface area contributed by atoms with Crippen LogP contribution in [0.1, 0.15) is 180 Å². The highest BCUT2D eigenvalue weighted by Gasteiger charge is 2.43. The third-order valence-corrected chi connectivity index (χ3v) is 25.0. The van der Waals surface area contributed by atoms with Crippen LogP contribution in [0.4, 0.5) is 0 Å². The van der Waals surface area contributed by atoms with E-state index in [2.05, 4.69) is 143 Å². The van der Waals surface area contributed by atoms with Gasteiger partial charge in [-0.2, -0.15) is 0 Å². The maximum absolute atomic E-state index is 10.1. The number of hydrogen-bond donors (Lipinski definition) is 2. The maximum atomic E-state index is 10.1. The fourth-order valence-electron chi connectivity index (χ4n) is 9.24. The molecular formula is C58H96O5Si2. The van der Waals surface area contributed by atoms with Gasteiger partial charge in [0.25, 0.3) is 0 Å². The molecule has 2 N–H and O–H groups in total. The van der Waals surface area contributed by atoms with Crippen molar-refractivity contribution in [1.82, 2.24) is 0 Å². The predicted octanol–water partition coefficient (Wildman–Crippen LogP) is 16.3. The number of rotatable bonds is 27. The molecule has 1 aliphatic carbocycles. The number of aryl methyl sites for hydroxylation is 3. The number of hydrogen-bond acceptors (Lipinski definition) is 5. The Morgan fingerprint density at radius 2 is 1.11 bits per heavy atom. The fraction of sp³-hybridized carbons (Fsp3) is 0.690. The molecule has 0 spiro atoms. The summed E-state index contributed by atoms with van der Waals surface area (Å²) in [6, 6.07) is 21.1. The van der Waals surface area contributed by atoms with E-state index >= 15 is 0 Å². The summed E-state index contributed by atoms with van der Waals surface area (Å²) in [5, 5.41) is 20.4. The fourth-order valence-corrected chi connectivity index (χ4v) is 11.4. The van der Waals surface area contributed by atoms with Gasteiger partial charge in [0, 0.05) is 31.8 Å². The van der Waals surface area contributed by atoms with Gasteiger partial charge in [0.05, 0.1) is 6.61 Å². The van der Waals surface area contributed by atoms with Gasteiger partial charge >= 0.3 is 0 Å². The second-order valence-corrected chi connectivity index (χ2v) is 32.8. The molecule has 1 fully saturated rings. The highest BCUT2D eigenvalue weighted by molar-refractivity contribution is 6.74. The summed E-state index contributed by atoms with van der Waals surface area (Å²) in [4.78, 5) is 0. The van der Waals surface area contributed by atoms with Crippen molar-refractivity contribution < 1.29 is 23.8 Å². The average molecular weight is 930 g/mol. The molecule has 65 heavy (non-hydrogen) atoms. The van der Waals surface area contributed by atoms with Crippen molar-refractivity contribution in [3.05, 3.63) is 76.9 Å². The Morgan fingerprint density at radius 3 is 1.60 bits per heavy atom. The van der Waals surface area contributed by atoms with Crippen LogP contribution in [0.25, 0.3) is 22.3 Å². The zero-order valence-electron chi connectivity index (χ0n) is 44.0. The van der Waals surface area contributed by atoms with Gasteiger partial charge < -0.3 is 23.8 Å². The van der Waals surface area contributed by atoms with E-state index in [-0.39, 0.29) is 28.7 Å². The van der Waals surface area contributed by atoms with E-state index in [1.807, 2.05) is 0 Å². The van der Waals surface area contributed by atoms with Crippen LogP contribution < -0.4 is 4.74 Å². The minimum absolute atomic E-state index is 0.112. The molecule has 0 bridgehead atoms. The zero-order valence-corrected chi connectivity index (χ0v) is 46.0. The van der Waals surface area contributed by atoms with Crippen molar-refractivity contribution in [3.8, 4) is 28.0 Å². The van der Waals surface area contributed by atoms with E-state index in [9.17, 15) is 10.2 Å². The van der Waals surface area contributed by atoms with Gasteiger partial charge in [0.15, 0.2) is 16.6 Å². The van der Waals surface area contributed by atoms with Crippen LogP contribution in [0.3, 0.4) is 0 Å². The second-order valence-electron chi connectivity index (χ2n) is 23.1. The van der Waals surface area contributed by atoms with E-state index < -0.39 is 16.6 Å². The summed E-state index contributed by atoms with van der Waals surface area (Å²) in [7, 11) is -4.07. The predicted molar refractivity (Wildman–Crippen MR) is 285 cm³/mol. The quantitative estimate of drug-likeness (QED) is 0.0589. The van der Waals surface area contributed by atoms with Crippen LogP contribution in [-0.2, 0) is 28.1 Å². The lowest BCUT2D eigenvalue weighted by Crippen LogP contribution is -2.48. The Hall–Kier alpha value is -2.27. The minimum Gasteiger partial charge on any atom is -0.493 e. The standard InChI is InChI=1S/C58H96O5Si2/c1-14-17-19-22-45-25-27-47(28-26-45)48-29-31-49(32-30-48)54-34-33-50(40-46(54)16-3)53-41-51(23-20-37-59)55(52(42-53)24-21-38-60)61-39-36-58(35-18-15-2,43-62-64(10,11)56(4,5)6)44-63-65(12,13)57(7,8)9/h29-34,40-42,45,47,59-60H,14-28,35-39,43-44H2,1-13H3/t45-,47-. The summed E-state index contributed by atoms with van der Waals surface area (Å²) in [6.07, 6.45) is 18.8. The summed E-state index contributed by atoms with van der Waals surface area (Å²) in [5.74, 6) is 2.55. The summed E-state index contributed by atoms with van der Waals surface area (Å²) >= 11 is 0. The Labute approximate surface area is 401 Å². The van der Waals surface area contributed by atoms with Crippen LogP contribution in [0, 0.1) is 11.3 Å². The Kier molecular flexibility index (Phi) is 21.6. The number of benzene rings is 3. The largest absolute Gasteiger partial charge is 0.493 e. The molecule has 1 saturated carbocycles. The molecule has 0 aliphatic heterocycles. The smallest absolute Gasteiger partial charge is 0.192 e. The van der Waals surface area contributed by atoms with E-state index in [0.29, 0.717) is 38.6 Å². The van der Waals surface area contributed by atoms with Crippen molar-refractivity contribution >= 4 is 16.6 Å². The summed E-state index contributed by atoms with van der Waals surface area (Å²) in [5.41, 5.74) is 9.91. The Bertz CT molecular complexity index is 1790. The van der Waals surface area contributed by atoms with Gasteiger partial charge in [-0.1, -0.05) is 143 Å². The van der Waals surface area contributed by atoms with Gasteiger partial charge in [0.1, 0.15) is 5.75 Å². The first-order valence-electron chi connectivity index (χ1n) is 26.3. The summed E-state index contributed by atoms with van der Waals surface area (Å²) < 4.78 is 21.2. The van der Waals surface area contributed by atoms with E-state index in [1.165, 1.54) is 84.7 Å². The third-order valence-electron chi connectivity index (χ3n) is 16.1. The molecule has 3 aromatic rings. The first kappa shape index (κ1) is 55.3. The van der Waals surface area contributed by atoms with Gasteiger partial charge in [-0.3, -0.25) is 0 Å². The molecule has 3 aromatic carbocycles. The third kappa shape index (κ3) is 15.9. The minimum atomic E-state index is -2.03. The van der Waals surface area contributed by atoms with E-state index in [4.69, 9.17) is 13.6 Å². The first-order valence-corrected chi connectivity index (χ1v) is 32.1. The van der Waals surface area contributed by atoms with Gasteiger partial charge in [0.2, 0.25) is 0 Å². The first-order chi connectivity index (χ1) is 30.7. The highest BCUT2D eigenvalue weighted by Crippen LogP contribution is 2.44. The number of ether oxygens (including phenoxy) is 1. The van der Waals surface area contributed by atoms with Gasteiger partial charge in [-0.15, -0.1) is 0 Å². The zero-order chi connectivity index (χ0) is 47.9. The van der Waals surface area contributed by atoms with Crippen molar-refractivity contribution in [2.75, 3.05) is 33.0 Å². The average Bonchev–Trinajstić information content (AvgIpc) is 3.27. The molecule has 0 unspecified atom stereocenters. The van der Waals surface area contributed by atoms with Crippen molar-refractivity contribution in [3.63, 3.8) is 0 Å². The SMILES string of the molecule is CCCCC[C@H]1CC[C@H](c2ccc(-c3ccc(-c4cc(CCCO)c(OCCC(CCCC)(CO[Si](C)(C)C(C)(C)C)CO[Si](C)(C)C(C)(C)C)c(CCCO)c4)cc3CC)cc2)CC1. The van der Waals surface area contributed by atoms with E-state index in [0.717, 1.165) is 67.7 Å². The Balaban J connectivity index is 1.64. The lowest BCUT2D eigenvalue weighted by atomic mass is 9.77. The van der Waals surface area contributed by atoms with E-state index in [1.54, 1.807) is 0 Å². The highest BCUT2D eigenvalue weighted by atomic mass is 28.4. The Morgan fingerprint density at radius 1 is 0.585 bits per heavy atom. The molecule has 5 nitrogen and oxygen atoms in total. The molecule has 0 amide bonds. The van der Waals surface area contributed by atoms with Gasteiger partial charge in [-0.25, -0.2) is 0 Å². The molecule has 1 aliphatic rings. The van der Waals surface area contributed by atoms with Crippen molar-refractivity contribution in [1.29, 1.82) is 0 Å². The monoisotopic (exact) mass is 929 g/mol. The molecule has 0 saturated heterocycles. The normalized spacial score (nSPS) is 16.6. The van der Waals surface area contributed by atoms with Crippen LogP contribution in [0.15, 0.2) is 54.6 Å². The molecule has 366 valence electrons. The molecule has 0 aromatic heterocycles. The lowest BCUT2D eigenvalue weighted by Gasteiger charge is -2.44. The molecule has 0 atom stereocenters. The second kappa shape index (κ2) is 25.4. The number of unbranched alkanes of at least 4 members (excludes halogenated alkanes) is 3. The molecular weight excluding hydrogens is 833 g/mol. The number of aliphatic hydroxyl groups is 2. The molecule has 0 heterocycles. The van der Waals surface area contributed by atoms with Crippen molar-refractivity contribution in [2.45, 2.75) is 214 Å². The van der Waals surface area contributed by atoms with Crippen LogP contribution in [-0.4, -0.2) is 59.9 Å². The molecule has 0 radical (unpaired) electrons. The van der Waals surface area contributed by atoms with Crippen LogP contribution in [0.2, 0.25) is 36.3 Å². The lowest BCUT2D eigenvalue weighted by molar-refractivity contribution is 0.0357. The maximum Gasteiger partial charge on any atom is 0.192 e. The van der Waals surface area contributed by atoms with Gasteiger partial charge in [-0.05, 0) is 175 Å². The van der Waals surface area contributed by atoms with Crippen LogP contribution >= 0.6 is 0 Å². The number of aliphatic hydroxyl groups excluding tert-OH is 2. The van der Waals surface area contributed by atoms with Crippen LogP contribution in [0.5, 0.6) is 5.75 Å². The topological polar surface area (TPSA) is 68.2 Å². The van der Waals surface area contributed by atoms with Crippen molar-refractivity contribution in [2.24, 2.45) is 11.3 Å². The summed E-state index contributed by atoms with van der Waals surface area (Å²) in [6.45, 7) is 32.4. The molecule has 4 rings (SSSR count).